The number of phenolic OH excluding ortho intramolecular Hbond substituents is 1. The number of hydrogen-bond donors (Lipinski definition) is 2. The van der Waals surface area contributed by atoms with Gasteiger partial charge in [0, 0.05) is 29.2 Å². The molecule has 6 rings (SSSR count). The first-order valence-electron chi connectivity index (χ1n) is 14.6. The summed E-state index contributed by atoms with van der Waals surface area (Å²) in [5.41, 5.74) is 6.02. The number of allylic oxidation sites excluding steroid dienone is 2. The fraction of sp³-hybridized carbons (Fsp3) is 0.324. The van der Waals surface area contributed by atoms with E-state index in [1.807, 2.05) is 48.5 Å². The number of phenols is 1. The monoisotopic (exact) mass is 547 g/mol. The number of aromatic hydroxyl groups is 1. The molecular weight excluding hydrogens is 513 g/mol. The Bertz CT molecular complexity index is 1530. The number of Topliss-reactive ketones (excluding diaryl/α,β-unsaturated/α-hetero) is 2. The van der Waals surface area contributed by atoms with Crippen LogP contribution < -0.4 is 0 Å². The van der Waals surface area contributed by atoms with Gasteiger partial charge in [0.15, 0.2) is 11.6 Å². The SMILES string of the molecule is CCCC1=C2[C@@H](CC/C(=C/c3cccc(O)c3)c3ccccn3)OB(O)C[C@@H]2[C@@H]2C(=O)c3ccccc3C(=O)[C@@H]2C1. The molecule has 2 N–H and O–H groups in total. The minimum Gasteiger partial charge on any atom is -0.508 e. The Hall–Kier alpha value is -3.81. The first-order valence-corrected chi connectivity index (χ1v) is 14.6. The number of pyridine rings is 1. The van der Waals surface area contributed by atoms with Crippen molar-refractivity contribution in [1.82, 2.24) is 4.98 Å². The Morgan fingerprint density at radius 1 is 1.02 bits per heavy atom. The molecule has 1 fully saturated rings. The van der Waals surface area contributed by atoms with Crippen LogP contribution in [0.2, 0.25) is 6.32 Å². The van der Waals surface area contributed by atoms with E-state index in [4.69, 9.17) is 4.65 Å². The van der Waals surface area contributed by atoms with Crippen LogP contribution >= 0.6 is 0 Å². The summed E-state index contributed by atoms with van der Waals surface area (Å²) in [7, 11) is -1.01. The smallest absolute Gasteiger partial charge is 0.455 e. The van der Waals surface area contributed by atoms with Crippen LogP contribution in [-0.2, 0) is 4.65 Å². The molecule has 208 valence electrons. The molecule has 2 heterocycles. The summed E-state index contributed by atoms with van der Waals surface area (Å²) in [6.07, 6.45) is 7.25. The van der Waals surface area contributed by atoms with E-state index in [9.17, 15) is 19.7 Å². The van der Waals surface area contributed by atoms with Gasteiger partial charge in [-0.25, -0.2) is 0 Å². The topological polar surface area (TPSA) is 96.7 Å². The molecule has 2 aliphatic carbocycles. The van der Waals surface area contributed by atoms with Gasteiger partial charge in [-0.05, 0) is 85.0 Å². The van der Waals surface area contributed by atoms with E-state index in [1.54, 1.807) is 30.5 Å². The molecule has 41 heavy (non-hydrogen) atoms. The number of hydrogen-bond acceptors (Lipinski definition) is 6. The molecule has 6 nitrogen and oxygen atoms in total. The van der Waals surface area contributed by atoms with Crippen molar-refractivity contribution in [1.29, 1.82) is 0 Å². The lowest BCUT2D eigenvalue weighted by atomic mass is 9.54. The summed E-state index contributed by atoms with van der Waals surface area (Å²) in [6.45, 7) is 2.13. The van der Waals surface area contributed by atoms with Crippen molar-refractivity contribution in [3.05, 3.63) is 106 Å². The molecule has 7 heteroatoms. The fourth-order valence-electron chi connectivity index (χ4n) is 7.14. The van der Waals surface area contributed by atoms with Crippen molar-refractivity contribution in [2.24, 2.45) is 17.8 Å². The Morgan fingerprint density at radius 3 is 2.54 bits per heavy atom. The zero-order chi connectivity index (χ0) is 28.5. The molecule has 1 saturated heterocycles. The van der Waals surface area contributed by atoms with Gasteiger partial charge >= 0.3 is 7.12 Å². The number of fused-ring (bicyclic) bond motifs is 4. The first kappa shape index (κ1) is 27.4. The molecule has 0 unspecified atom stereocenters. The summed E-state index contributed by atoms with van der Waals surface area (Å²) in [5, 5.41) is 20.9. The number of nitrogens with zero attached hydrogens (tertiary/aromatic N) is 1. The van der Waals surface area contributed by atoms with Crippen LogP contribution in [0.1, 0.15) is 71.0 Å². The summed E-state index contributed by atoms with van der Waals surface area (Å²) in [6, 6.07) is 20.0. The molecule has 3 aliphatic rings. The largest absolute Gasteiger partial charge is 0.508 e. The van der Waals surface area contributed by atoms with E-state index in [0.717, 1.165) is 35.2 Å². The molecule has 0 bridgehead atoms. The van der Waals surface area contributed by atoms with Gasteiger partial charge in [-0.2, -0.15) is 0 Å². The van der Waals surface area contributed by atoms with E-state index < -0.39 is 19.0 Å². The third-order valence-electron chi connectivity index (χ3n) is 8.79. The Balaban J connectivity index is 1.36. The summed E-state index contributed by atoms with van der Waals surface area (Å²) in [4.78, 5) is 32.1. The first-order chi connectivity index (χ1) is 19.9. The maximum absolute atomic E-state index is 13.9. The van der Waals surface area contributed by atoms with Gasteiger partial charge in [0.2, 0.25) is 0 Å². The quantitative estimate of drug-likeness (QED) is 0.262. The van der Waals surface area contributed by atoms with Crippen LogP contribution in [0.25, 0.3) is 11.6 Å². The lowest BCUT2D eigenvalue weighted by Crippen LogP contribution is -2.50. The average molecular weight is 547 g/mol. The highest BCUT2D eigenvalue weighted by atomic mass is 16.5. The van der Waals surface area contributed by atoms with Crippen LogP contribution in [0.15, 0.2) is 84.1 Å². The van der Waals surface area contributed by atoms with Gasteiger partial charge < -0.3 is 14.8 Å². The van der Waals surface area contributed by atoms with Gasteiger partial charge in [0.1, 0.15) is 5.75 Å². The van der Waals surface area contributed by atoms with Crippen LogP contribution in [0.4, 0.5) is 0 Å². The van der Waals surface area contributed by atoms with Crippen LogP contribution in [0.5, 0.6) is 5.75 Å². The molecule has 1 aliphatic heterocycles. The molecule has 4 atom stereocenters. The molecule has 3 aromatic rings. The molecule has 0 amide bonds. The highest BCUT2D eigenvalue weighted by Crippen LogP contribution is 2.51. The predicted molar refractivity (Wildman–Crippen MR) is 159 cm³/mol. The van der Waals surface area contributed by atoms with Gasteiger partial charge in [-0.1, -0.05) is 61.4 Å². The highest BCUT2D eigenvalue weighted by molar-refractivity contribution is 6.43. The number of ketones is 2. The van der Waals surface area contributed by atoms with Crippen LogP contribution in [0.3, 0.4) is 0 Å². The second-order valence-corrected chi connectivity index (χ2v) is 11.4. The van der Waals surface area contributed by atoms with E-state index in [2.05, 4.69) is 11.9 Å². The van der Waals surface area contributed by atoms with Gasteiger partial charge in [-0.3, -0.25) is 14.6 Å². The Labute approximate surface area is 240 Å². The number of carbonyl (C=O) groups excluding carboxylic acids is 2. The summed E-state index contributed by atoms with van der Waals surface area (Å²) < 4.78 is 6.21. The molecule has 0 saturated carbocycles. The van der Waals surface area contributed by atoms with Crippen molar-refractivity contribution in [2.75, 3.05) is 0 Å². The zero-order valence-electron chi connectivity index (χ0n) is 23.2. The Kier molecular flexibility index (Phi) is 7.74. The minimum atomic E-state index is -1.01. The lowest BCUT2D eigenvalue weighted by Gasteiger charge is -2.47. The average Bonchev–Trinajstić information content (AvgIpc) is 2.98. The van der Waals surface area contributed by atoms with E-state index in [1.165, 1.54) is 5.57 Å². The van der Waals surface area contributed by atoms with Crippen LogP contribution in [0, 0.1) is 17.8 Å². The van der Waals surface area contributed by atoms with Crippen molar-refractivity contribution < 1.29 is 24.4 Å². The second kappa shape index (κ2) is 11.6. The molecule has 0 spiro atoms. The minimum absolute atomic E-state index is 0.00838. The fourth-order valence-corrected chi connectivity index (χ4v) is 7.14. The van der Waals surface area contributed by atoms with Crippen molar-refractivity contribution in [3.8, 4) is 5.75 Å². The van der Waals surface area contributed by atoms with E-state index in [-0.39, 0.29) is 29.3 Å². The maximum atomic E-state index is 13.9. The molecule has 1 aromatic heterocycles. The van der Waals surface area contributed by atoms with Crippen molar-refractivity contribution >= 4 is 30.3 Å². The summed E-state index contributed by atoms with van der Waals surface area (Å²) >= 11 is 0. The standard InChI is InChI=1S/C34H34BNO5/c1-2-8-23-19-27-32(34(39)26-12-4-3-11-25(26)33(27)38)28-20-35(40)41-30(31(23)28)15-14-22(29-13-5-6-16-36-29)17-21-9-7-10-24(37)18-21/h3-7,9-13,16-18,27-28,30,32,37,40H,2,8,14-15,19-20H2,1H3/b22-17-/t27-,28+,30-,32-/m1/s1. The number of aromatic nitrogens is 1. The maximum Gasteiger partial charge on any atom is 0.455 e. The van der Waals surface area contributed by atoms with E-state index in [0.29, 0.717) is 36.7 Å². The Morgan fingerprint density at radius 2 is 1.80 bits per heavy atom. The van der Waals surface area contributed by atoms with E-state index >= 15 is 0 Å². The number of carbonyl (C=O) groups is 2. The molecule has 2 aromatic carbocycles. The number of benzene rings is 2. The third-order valence-corrected chi connectivity index (χ3v) is 8.79. The van der Waals surface area contributed by atoms with Crippen molar-refractivity contribution in [3.63, 3.8) is 0 Å². The number of rotatable bonds is 7. The zero-order valence-corrected chi connectivity index (χ0v) is 23.2. The van der Waals surface area contributed by atoms with Gasteiger partial charge in [0.05, 0.1) is 11.8 Å². The lowest BCUT2D eigenvalue weighted by molar-refractivity contribution is 0.0599. The van der Waals surface area contributed by atoms with Gasteiger partial charge in [-0.15, -0.1) is 0 Å². The van der Waals surface area contributed by atoms with Crippen LogP contribution in [-0.4, -0.2) is 39.9 Å². The second-order valence-electron chi connectivity index (χ2n) is 11.4. The summed E-state index contributed by atoms with van der Waals surface area (Å²) in [5.74, 6) is -0.862. The third kappa shape index (κ3) is 5.32. The predicted octanol–water partition coefficient (Wildman–Crippen LogP) is 6.42. The van der Waals surface area contributed by atoms with Crippen molar-refractivity contribution in [2.45, 2.75) is 51.5 Å². The molecular formula is C34H34BNO5. The highest BCUT2D eigenvalue weighted by Gasteiger charge is 2.53. The molecule has 0 radical (unpaired) electrons. The normalized spacial score (nSPS) is 24.1. The van der Waals surface area contributed by atoms with Gasteiger partial charge in [0.25, 0.3) is 0 Å².